The van der Waals surface area contributed by atoms with Crippen molar-refractivity contribution < 1.29 is 9.53 Å². The number of amides is 1. The van der Waals surface area contributed by atoms with Crippen molar-refractivity contribution in [1.29, 1.82) is 0 Å². The summed E-state index contributed by atoms with van der Waals surface area (Å²) in [6, 6.07) is 17.8. The fraction of sp³-hybridized carbons (Fsp3) is 0.150. The number of anilines is 1. The van der Waals surface area contributed by atoms with Crippen LogP contribution in [-0.4, -0.2) is 29.8 Å². The number of methoxy groups -OCH3 is 1. The zero-order chi connectivity index (χ0) is 18.7. The summed E-state index contributed by atoms with van der Waals surface area (Å²) in [5, 5.41) is 4.28. The number of carbonyl (C=O) groups is 1. The summed E-state index contributed by atoms with van der Waals surface area (Å²) in [6.45, 7) is 1.96. The van der Waals surface area contributed by atoms with Crippen LogP contribution in [-0.2, 0) is 0 Å². The number of para-hydroxylation sites is 1. The third-order valence-electron chi connectivity index (χ3n) is 4.05. The third kappa shape index (κ3) is 3.35. The van der Waals surface area contributed by atoms with Gasteiger partial charge in [0.1, 0.15) is 0 Å². The van der Waals surface area contributed by atoms with Crippen LogP contribution < -0.4 is 15.2 Å². The average molecular weight is 349 g/mol. The first-order valence-corrected chi connectivity index (χ1v) is 8.10. The number of rotatable bonds is 4. The minimum atomic E-state index is -0.371. The van der Waals surface area contributed by atoms with Gasteiger partial charge < -0.3 is 9.64 Å². The summed E-state index contributed by atoms with van der Waals surface area (Å²) in [7, 11) is 3.06. The Bertz CT molecular complexity index is 979. The van der Waals surface area contributed by atoms with Gasteiger partial charge in [0.15, 0.2) is 11.4 Å². The second-order valence-electron chi connectivity index (χ2n) is 5.85. The molecule has 3 aromatic rings. The fourth-order valence-electron chi connectivity index (χ4n) is 2.54. The third-order valence-corrected chi connectivity index (χ3v) is 4.05. The molecular formula is C20H19N3O3. The molecule has 0 saturated heterocycles. The van der Waals surface area contributed by atoms with E-state index < -0.39 is 0 Å². The Kier molecular flexibility index (Phi) is 4.84. The van der Waals surface area contributed by atoms with E-state index in [0.29, 0.717) is 5.69 Å². The molecule has 0 unspecified atom stereocenters. The predicted octanol–water partition coefficient (Wildman–Crippen LogP) is 2.83. The van der Waals surface area contributed by atoms with E-state index in [2.05, 4.69) is 5.10 Å². The minimum Gasteiger partial charge on any atom is -0.494 e. The van der Waals surface area contributed by atoms with Crippen molar-refractivity contribution in [3.05, 3.63) is 82.3 Å². The highest BCUT2D eigenvalue weighted by molar-refractivity contribution is 6.06. The molecule has 0 aliphatic heterocycles. The van der Waals surface area contributed by atoms with Crippen molar-refractivity contribution in [2.45, 2.75) is 6.92 Å². The fourth-order valence-corrected chi connectivity index (χ4v) is 2.54. The van der Waals surface area contributed by atoms with E-state index in [0.717, 1.165) is 11.3 Å². The van der Waals surface area contributed by atoms with Gasteiger partial charge in [-0.05, 0) is 31.2 Å². The lowest BCUT2D eigenvalue weighted by Crippen LogP contribution is -2.31. The largest absolute Gasteiger partial charge is 0.494 e. The van der Waals surface area contributed by atoms with Gasteiger partial charge in [0.2, 0.25) is 0 Å². The summed E-state index contributed by atoms with van der Waals surface area (Å²) in [6.07, 6.45) is 0. The molecule has 0 aliphatic rings. The first kappa shape index (κ1) is 17.4. The van der Waals surface area contributed by atoms with Crippen LogP contribution in [0.4, 0.5) is 5.69 Å². The van der Waals surface area contributed by atoms with Crippen LogP contribution in [0.1, 0.15) is 16.1 Å². The molecule has 0 spiro atoms. The number of hydrogen-bond donors (Lipinski definition) is 0. The zero-order valence-electron chi connectivity index (χ0n) is 14.8. The Morgan fingerprint density at radius 1 is 1.08 bits per heavy atom. The Morgan fingerprint density at radius 3 is 2.35 bits per heavy atom. The van der Waals surface area contributed by atoms with E-state index in [1.54, 1.807) is 19.2 Å². The van der Waals surface area contributed by atoms with Crippen LogP contribution in [0.2, 0.25) is 0 Å². The van der Waals surface area contributed by atoms with Crippen molar-refractivity contribution >= 4 is 11.6 Å². The van der Waals surface area contributed by atoms with Crippen LogP contribution in [0.5, 0.6) is 5.75 Å². The number of aryl methyl sites for hydroxylation is 1. The number of nitrogens with zero attached hydrogens (tertiary/aromatic N) is 3. The molecule has 1 heterocycles. The van der Waals surface area contributed by atoms with E-state index in [9.17, 15) is 9.59 Å². The summed E-state index contributed by atoms with van der Waals surface area (Å²) >= 11 is 0. The first-order chi connectivity index (χ1) is 12.5. The molecule has 26 heavy (non-hydrogen) atoms. The van der Waals surface area contributed by atoms with Crippen LogP contribution in [0.15, 0.2) is 65.5 Å². The van der Waals surface area contributed by atoms with Gasteiger partial charge in [-0.1, -0.05) is 35.9 Å². The molecule has 2 aromatic carbocycles. The van der Waals surface area contributed by atoms with Gasteiger partial charge in [0.05, 0.1) is 18.9 Å². The second kappa shape index (κ2) is 7.23. The van der Waals surface area contributed by atoms with Crippen molar-refractivity contribution in [3.8, 4) is 11.4 Å². The maximum atomic E-state index is 12.9. The lowest BCUT2D eigenvalue weighted by molar-refractivity contribution is 0.0983. The molecule has 1 aromatic heterocycles. The second-order valence-corrected chi connectivity index (χ2v) is 5.85. The highest BCUT2D eigenvalue weighted by Crippen LogP contribution is 2.20. The van der Waals surface area contributed by atoms with Gasteiger partial charge in [-0.3, -0.25) is 9.59 Å². The van der Waals surface area contributed by atoms with Crippen molar-refractivity contribution in [1.82, 2.24) is 9.78 Å². The van der Waals surface area contributed by atoms with Gasteiger partial charge in [-0.15, -0.1) is 0 Å². The molecule has 3 rings (SSSR count). The zero-order valence-corrected chi connectivity index (χ0v) is 14.8. The summed E-state index contributed by atoms with van der Waals surface area (Å²) in [5.74, 6) is -0.222. The molecule has 0 fully saturated rings. The Labute approximate surface area is 151 Å². The van der Waals surface area contributed by atoms with Gasteiger partial charge in [0, 0.05) is 12.7 Å². The number of aromatic nitrogens is 2. The number of carbonyl (C=O) groups excluding carboxylic acids is 1. The molecule has 0 bridgehead atoms. The van der Waals surface area contributed by atoms with Gasteiger partial charge >= 0.3 is 0 Å². The molecular weight excluding hydrogens is 330 g/mol. The maximum Gasteiger partial charge on any atom is 0.282 e. The van der Waals surface area contributed by atoms with E-state index in [1.165, 1.54) is 22.8 Å². The van der Waals surface area contributed by atoms with Crippen molar-refractivity contribution in [3.63, 3.8) is 0 Å². The van der Waals surface area contributed by atoms with Crippen LogP contribution in [0.25, 0.3) is 5.69 Å². The molecule has 0 saturated carbocycles. The molecule has 0 N–H and O–H groups in total. The quantitative estimate of drug-likeness (QED) is 0.726. The Balaban J connectivity index is 2.08. The smallest absolute Gasteiger partial charge is 0.282 e. The molecule has 0 radical (unpaired) electrons. The molecule has 1 amide bonds. The van der Waals surface area contributed by atoms with Gasteiger partial charge in [-0.2, -0.15) is 9.78 Å². The Morgan fingerprint density at radius 2 is 1.73 bits per heavy atom. The number of benzene rings is 2. The van der Waals surface area contributed by atoms with Crippen LogP contribution in [0, 0.1) is 6.92 Å². The standard InChI is InChI=1S/C20H19N3O3/c1-14-9-11-16(12-10-14)23-18(24)13-17(26-3)19(21-23)20(25)22(2)15-7-5-4-6-8-15/h4-13H,1-3H3. The van der Waals surface area contributed by atoms with Crippen molar-refractivity contribution in [2.24, 2.45) is 0 Å². The normalized spacial score (nSPS) is 10.4. The molecule has 0 atom stereocenters. The van der Waals surface area contributed by atoms with E-state index in [-0.39, 0.29) is 22.9 Å². The minimum absolute atomic E-state index is 0.0685. The monoisotopic (exact) mass is 349 g/mol. The molecule has 6 heteroatoms. The lowest BCUT2D eigenvalue weighted by atomic mass is 10.2. The average Bonchev–Trinajstić information content (AvgIpc) is 2.68. The molecule has 0 aliphatic carbocycles. The first-order valence-electron chi connectivity index (χ1n) is 8.10. The Hall–Kier alpha value is -3.41. The molecule has 6 nitrogen and oxygen atoms in total. The van der Waals surface area contributed by atoms with E-state index in [4.69, 9.17) is 4.74 Å². The summed E-state index contributed by atoms with van der Waals surface area (Å²) in [4.78, 5) is 26.8. The van der Waals surface area contributed by atoms with E-state index >= 15 is 0 Å². The highest BCUT2D eigenvalue weighted by Gasteiger charge is 2.22. The SMILES string of the molecule is COc1cc(=O)n(-c2ccc(C)cc2)nc1C(=O)N(C)c1ccccc1. The van der Waals surface area contributed by atoms with Crippen LogP contribution in [0.3, 0.4) is 0 Å². The predicted molar refractivity (Wildman–Crippen MR) is 100 cm³/mol. The van der Waals surface area contributed by atoms with Gasteiger partial charge in [0.25, 0.3) is 11.5 Å². The highest BCUT2D eigenvalue weighted by atomic mass is 16.5. The summed E-state index contributed by atoms with van der Waals surface area (Å²) < 4.78 is 6.42. The van der Waals surface area contributed by atoms with Crippen LogP contribution >= 0.6 is 0 Å². The maximum absolute atomic E-state index is 12.9. The van der Waals surface area contributed by atoms with Gasteiger partial charge in [-0.25, -0.2) is 0 Å². The lowest BCUT2D eigenvalue weighted by Gasteiger charge is -2.18. The molecule has 132 valence electrons. The summed E-state index contributed by atoms with van der Waals surface area (Å²) in [5.41, 5.74) is 2.06. The van der Waals surface area contributed by atoms with E-state index in [1.807, 2.05) is 49.4 Å². The number of ether oxygens (including phenoxy) is 1. The van der Waals surface area contributed by atoms with Crippen molar-refractivity contribution in [2.75, 3.05) is 19.1 Å². The topological polar surface area (TPSA) is 64.4 Å². The number of hydrogen-bond acceptors (Lipinski definition) is 4.